The summed E-state index contributed by atoms with van der Waals surface area (Å²) in [6.07, 6.45) is 10.1. The first-order chi connectivity index (χ1) is 13.3. The van der Waals surface area contributed by atoms with Crippen LogP contribution in [0.5, 0.6) is 0 Å². The lowest BCUT2D eigenvalue weighted by Crippen LogP contribution is -2.63. The SMILES string of the molecule is CCO[C@H]1C[C@@]2(C)[C@@H](CC[C@@H]3[C@@H]2[C@H](N(C)C)C[C@]2(C)[C@@H](CC)CC[C@@H]32)C[C@@H]1O. The van der Waals surface area contributed by atoms with Crippen molar-refractivity contribution in [2.24, 2.45) is 40.4 Å². The van der Waals surface area contributed by atoms with E-state index in [0.717, 1.165) is 36.5 Å². The fraction of sp³-hybridized carbons (Fsp3) is 1.00. The lowest BCUT2D eigenvalue weighted by molar-refractivity contribution is -0.189. The van der Waals surface area contributed by atoms with Crippen molar-refractivity contribution in [1.29, 1.82) is 0 Å². The second-order valence-electron chi connectivity index (χ2n) is 11.5. The van der Waals surface area contributed by atoms with Crippen molar-refractivity contribution in [3.05, 3.63) is 0 Å². The van der Waals surface area contributed by atoms with Crippen molar-refractivity contribution in [3.63, 3.8) is 0 Å². The van der Waals surface area contributed by atoms with Gasteiger partial charge in [0.25, 0.3) is 0 Å². The molecule has 0 aliphatic heterocycles. The van der Waals surface area contributed by atoms with Gasteiger partial charge in [0, 0.05) is 12.6 Å². The van der Waals surface area contributed by atoms with Crippen LogP contribution in [0.1, 0.15) is 79.1 Å². The quantitative estimate of drug-likeness (QED) is 0.734. The molecular weight excluding hydrogens is 346 g/mol. The number of aliphatic hydroxyl groups is 1. The lowest BCUT2D eigenvalue weighted by atomic mass is 9.43. The molecule has 4 aliphatic rings. The topological polar surface area (TPSA) is 32.7 Å². The number of rotatable bonds is 4. The van der Waals surface area contributed by atoms with Gasteiger partial charge < -0.3 is 14.7 Å². The molecule has 162 valence electrons. The average Bonchev–Trinajstić information content (AvgIpc) is 2.98. The van der Waals surface area contributed by atoms with Gasteiger partial charge in [-0.05, 0) is 106 Å². The number of nitrogens with zero attached hydrogens (tertiary/aromatic N) is 1. The largest absolute Gasteiger partial charge is 0.390 e. The minimum atomic E-state index is -0.266. The molecule has 0 aromatic heterocycles. The van der Waals surface area contributed by atoms with Gasteiger partial charge in [-0.3, -0.25) is 0 Å². The predicted molar refractivity (Wildman–Crippen MR) is 115 cm³/mol. The molecule has 3 heteroatoms. The summed E-state index contributed by atoms with van der Waals surface area (Å²) in [5.41, 5.74) is 0.837. The van der Waals surface area contributed by atoms with E-state index in [-0.39, 0.29) is 12.2 Å². The summed E-state index contributed by atoms with van der Waals surface area (Å²) in [5, 5.41) is 10.7. The van der Waals surface area contributed by atoms with E-state index < -0.39 is 0 Å². The predicted octanol–water partition coefficient (Wildman–Crippen LogP) is 4.97. The van der Waals surface area contributed by atoms with Crippen molar-refractivity contribution in [1.82, 2.24) is 4.90 Å². The number of hydrogen-bond acceptors (Lipinski definition) is 3. The summed E-state index contributed by atoms with van der Waals surface area (Å²) in [5.74, 6) is 4.10. The fourth-order valence-electron chi connectivity index (χ4n) is 9.04. The van der Waals surface area contributed by atoms with Crippen LogP contribution in [0.4, 0.5) is 0 Å². The molecular formula is C25H45NO2. The zero-order chi connectivity index (χ0) is 20.3. The Morgan fingerprint density at radius 1 is 1.00 bits per heavy atom. The third-order valence-corrected chi connectivity index (χ3v) is 10.3. The Morgan fingerprint density at radius 2 is 1.75 bits per heavy atom. The summed E-state index contributed by atoms with van der Waals surface area (Å²) >= 11 is 0. The van der Waals surface area contributed by atoms with Crippen LogP contribution in [0.15, 0.2) is 0 Å². The van der Waals surface area contributed by atoms with E-state index in [0.29, 0.717) is 29.4 Å². The van der Waals surface area contributed by atoms with Gasteiger partial charge >= 0.3 is 0 Å². The van der Waals surface area contributed by atoms with E-state index in [1.807, 2.05) is 0 Å². The van der Waals surface area contributed by atoms with Crippen LogP contribution in [0.25, 0.3) is 0 Å². The third kappa shape index (κ3) is 3.02. The second kappa shape index (κ2) is 7.54. The maximum Gasteiger partial charge on any atom is 0.0839 e. The Bertz CT molecular complexity index is 565. The van der Waals surface area contributed by atoms with Crippen molar-refractivity contribution < 1.29 is 9.84 Å². The van der Waals surface area contributed by atoms with E-state index in [1.54, 1.807) is 0 Å². The monoisotopic (exact) mass is 391 g/mol. The van der Waals surface area contributed by atoms with Gasteiger partial charge in [0.05, 0.1) is 12.2 Å². The molecule has 4 saturated carbocycles. The Labute approximate surface area is 173 Å². The molecule has 10 atom stereocenters. The van der Waals surface area contributed by atoms with Crippen molar-refractivity contribution >= 4 is 0 Å². The minimum Gasteiger partial charge on any atom is -0.390 e. The average molecular weight is 392 g/mol. The zero-order valence-corrected chi connectivity index (χ0v) is 19.3. The number of ether oxygens (including phenoxy) is 1. The van der Waals surface area contributed by atoms with Gasteiger partial charge in [-0.1, -0.05) is 27.2 Å². The van der Waals surface area contributed by atoms with E-state index in [2.05, 4.69) is 46.7 Å². The summed E-state index contributed by atoms with van der Waals surface area (Å²) in [6, 6.07) is 0.670. The molecule has 0 heterocycles. The molecule has 0 amide bonds. The number of aliphatic hydroxyl groups excluding tert-OH is 1. The van der Waals surface area contributed by atoms with Crippen LogP contribution in [0.2, 0.25) is 0 Å². The maximum absolute atomic E-state index is 10.7. The lowest BCUT2D eigenvalue weighted by Gasteiger charge is -2.65. The van der Waals surface area contributed by atoms with Crippen LogP contribution < -0.4 is 0 Å². The first-order valence-corrected chi connectivity index (χ1v) is 12.2. The highest BCUT2D eigenvalue weighted by molar-refractivity contribution is 5.14. The van der Waals surface area contributed by atoms with Crippen LogP contribution in [-0.4, -0.2) is 49.0 Å². The summed E-state index contributed by atoms with van der Waals surface area (Å²) < 4.78 is 6.06. The van der Waals surface area contributed by atoms with Crippen LogP contribution in [-0.2, 0) is 4.74 Å². The Hall–Kier alpha value is -0.120. The Morgan fingerprint density at radius 3 is 2.39 bits per heavy atom. The third-order valence-electron chi connectivity index (χ3n) is 10.3. The molecule has 4 rings (SSSR count). The summed E-state index contributed by atoms with van der Waals surface area (Å²) in [6.45, 7) is 10.4. The van der Waals surface area contributed by atoms with E-state index in [1.165, 1.54) is 38.5 Å². The first-order valence-electron chi connectivity index (χ1n) is 12.2. The molecule has 0 spiro atoms. The molecule has 0 unspecified atom stereocenters. The zero-order valence-electron chi connectivity index (χ0n) is 19.3. The minimum absolute atomic E-state index is 0.0353. The molecule has 1 N–H and O–H groups in total. The molecule has 4 fully saturated rings. The van der Waals surface area contributed by atoms with Crippen LogP contribution in [0, 0.1) is 40.4 Å². The van der Waals surface area contributed by atoms with Gasteiger partial charge in [0.2, 0.25) is 0 Å². The summed E-state index contributed by atoms with van der Waals surface area (Å²) in [7, 11) is 4.65. The van der Waals surface area contributed by atoms with Gasteiger partial charge in [-0.2, -0.15) is 0 Å². The van der Waals surface area contributed by atoms with Gasteiger partial charge in [-0.25, -0.2) is 0 Å². The van der Waals surface area contributed by atoms with Crippen LogP contribution >= 0.6 is 0 Å². The molecule has 0 aromatic rings. The number of fused-ring (bicyclic) bond motifs is 5. The van der Waals surface area contributed by atoms with Gasteiger partial charge in [0.1, 0.15) is 0 Å². The van der Waals surface area contributed by atoms with Crippen molar-refractivity contribution in [3.8, 4) is 0 Å². The molecule has 0 bridgehead atoms. The second-order valence-corrected chi connectivity index (χ2v) is 11.5. The van der Waals surface area contributed by atoms with Crippen molar-refractivity contribution in [2.45, 2.75) is 97.3 Å². The Kier molecular flexibility index (Phi) is 5.69. The normalized spacial score (nSPS) is 53.6. The highest BCUT2D eigenvalue weighted by atomic mass is 16.5. The highest BCUT2D eigenvalue weighted by Gasteiger charge is 2.64. The van der Waals surface area contributed by atoms with E-state index >= 15 is 0 Å². The molecule has 28 heavy (non-hydrogen) atoms. The molecule has 0 saturated heterocycles. The smallest absolute Gasteiger partial charge is 0.0839 e. The van der Waals surface area contributed by atoms with Crippen LogP contribution in [0.3, 0.4) is 0 Å². The van der Waals surface area contributed by atoms with E-state index in [9.17, 15) is 5.11 Å². The van der Waals surface area contributed by atoms with Crippen molar-refractivity contribution in [2.75, 3.05) is 20.7 Å². The molecule has 0 radical (unpaired) electrons. The molecule has 4 aliphatic carbocycles. The highest BCUT2D eigenvalue weighted by Crippen LogP contribution is 2.68. The Balaban J connectivity index is 1.70. The summed E-state index contributed by atoms with van der Waals surface area (Å²) in [4.78, 5) is 2.57. The van der Waals surface area contributed by atoms with Gasteiger partial charge in [0.15, 0.2) is 0 Å². The first kappa shape index (κ1) is 21.1. The maximum atomic E-state index is 10.7. The molecule has 3 nitrogen and oxygen atoms in total. The number of hydrogen-bond donors (Lipinski definition) is 1. The standard InChI is InChI=1S/C25H45NO2/c1-7-16-10-12-19-18-11-9-17-13-21(27)22(28-8-2)15-25(17,4)23(18)20(26(5)6)14-24(16,19)3/h16-23,27H,7-15H2,1-6H3/t16-,17-,18-,19-,20+,21-,22-,23+,24+,25-/m0/s1. The van der Waals surface area contributed by atoms with Gasteiger partial charge in [-0.15, -0.1) is 0 Å². The van der Waals surface area contributed by atoms with E-state index in [4.69, 9.17) is 4.74 Å². The fourth-order valence-corrected chi connectivity index (χ4v) is 9.04. The molecule has 0 aromatic carbocycles.